The van der Waals surface area contributed by atoms with Gasteiger partial charge in [0.25, 0.3) is 5.91 Å². The maximum absolute atomic E-state index is 12.7. The van der Waals surface area contributed by atoms with Crippen LogP contribution in [0.1, 0.15) is 29.2 Å². The molecule has 134 valence electrons. The Labute approximate surface area is 151 Å². The van der Waals surface area contributed by atoms with Gasteiger partial charge in [0, 0.05) is 0 Å². The molecule has 3 rings (SSSR count). The largest absolute Gasteiger partial charge is 0.480 e. The highest BCUT2D eigenvalue weighted by atomic mass is 16.4. The minimum Gasteiger partial charge on any atom is -0.480 e. The maximum atomic E-state index is 12.7. The number of rotatable bonds is 6. The second kappa shape index (κ2) is 7.39. The maximum Gasteiger partial charge on any atom is 0.327 e. The first-order valence-corrected chi connectivity index (χ1v) is 8.44. The van der Waals surface area contributed by atoms with Crippen LogP contribution in [-0.2, 0) is 16.0 Å². The number of benzene rings is 2. The summed E-state index contributed by atoms with van der Waals surface area (Å²) in [5.74, 6) is -1.72. The predicted octanol–water partition coefficient (Wildman–Crippen LogP) is 2.67. The fourth-order valence-corrected chi connectivity index (χ4v) is 3.08. The lowest BCUT2D eigenvalue weighted by molar-refractivity contribution is -0.147. The molecule has 0 radical (unpaired) electrons. The summed E-state index contributed by atoms with van der Waals surface area (Å²) in [5.41, 5.74) is 2.72. The summed E-state index contributed by atoms with van der Waals surface area (Å²) in [4.78, 5) is 37.6. The van der Waals surface area contributed by atoms with Crippen molar-refractivity contribution in [3.05, 3.63) is 71.3 Å². The van der Waals surface area contributed by atoms with E-state index in [0.29, 0.717) is 12.0 Å². The molecule has 1 fully saturated rings. The van der Waals surface area contributed by atoms with Gasteiger partial charge in [-0.15, -0.1) is 0 Å². The Bertz CT molecular complexity index is 817. The monoisotopic (exact) mass is 352 g/mol. The van der Waals surface area contributed by atoms with Crippen molar-refractivity contribution in [2.75, 3.05) is 0 Å². The molecule has 0 aromatic heterocycles. The minimum absolute atomic E-state index is 0.166. The molecule has 1 aliphatic heterocycles. The van der Waals surface area contributed by atoms with Crippen LogP contribution in [0.25, 0.3) is 0 Å². The number of carboxylic acids is 1. The average molecular weight is 352 g/mol. The van der Waals surface area contributed by atoms with E-state index in [1.54, 1.807) is 24.3 Å². The normalized spacial score (nSPS) is 17.9. The number of hydrogen-bond acceptors (Lipinski definition) is 3. The molecule has 2 N–H and O–H groups in total. The number of aryl methyl sites for hydroxylation is 2. The highest BCUT2D eigenvalue weighted by Gasteiger charge is 2.45. The van der Waals surface area contributed by atoms with Gasteiger partial charge in [-0.3, -0.25) is 4.79 Å². The topological polar surface area (TPSA) is 86.7 Å². The lowest BCUT2D eigenvalue weighted by atomic mass is 10.0. The zero-order chi connectivity index (χ0) is 18.7. The van der Waals surface area contributed by atoms with Crippen molar-refractivity contribution in [2.24, 2.45) is 0 Å². The zero-order valence-corrected chi connectivity index (χ0v) is 14.4. The van der Waals surface area contributed by atoms with E-state index >= 15 is 0 Å². The number of hydrogen-bond donors (Lipinski definition) is 2. The standard InChI is InChI=1S/C20H20N2O4/c1-13-7-9-14(10-8-13)11-12-16(19(24)25)22-18(23)17(21-20(22)26)15-5-3-2-4-6-15/h2-10,16-17H,11-12H2,1H3,(H,21,26)(H,24,25). The number of carboxylic acid groups (broad SMARTS) is 1. The third-order valence-corrected chi connectivity index (χ3v) is 4.53. The molecule has 0 spiro atoms. The SMILES string of the molecule is Cc1ccc(CCC(C(=O)O)N2C(=O)NC(c3ccccc3)C2=O)cc1. The van der Waals surface area contributed by atoms with Crippen molar-refractivity contribution in [1.82, 2.24) is 10.2 Å². The van der Waals surface area contributed by atoms with Gasteiger partial charge in [0.15, 0.2) is 0 Å². The molecular weight excluding hydrogens is 332 g/mol. The van der Waals surface area contributed by atoms with Crippen molar-refractivity contribution >= 4 is 17.9 Å². The van der Waals surface area contributed by atoms with E-state index in [2.05, 4.69) is 5.32 Å². The number of carbonyl (C=O) groups excluding carboxylic acids is 2. The van der Waals surface area contributed by atoms with Gasteiger partial charge in [-0.05, 0) is 30.9 Å². The van der Waals surface area contributed by atoms with Crippen LogP contribution >= 0.6 is 0 Å². The molecule has 0 saturated carbocycles. The number of urea groups is 1. The van der Waals surface area contributed by atoms with Crippen LogP contribution in [0.2, 0.25) is 0 Å². The fourth-order valence-electron chi connectivity index (χ4n) is 3.08. The first-order valence-electron chi connectivity index (χ1n) is 8.44. The van der Waals surface area contributed by atoms with Gasteiger partial charge < -0.3 is 10.4 Å². The molecule has 6 heteroatoms. The van der Waals surface area contributed by atoms with Crippen LogP contribution in [0.3, 0.4) is 0 Å². The van der Waals surface area contributed by atoms with Crippen molar-refractivity contribution in [3.63, 3.8) is 0 Å². The molecule has 2 atom stereocenters. The molecule has 3 amide bonds. The molecule has 0 aliphatic carbocycles. The number of carbonyl (C=O) groups is 3. The van der Waals surface area contributed by atoms with Crippen molar-refractivity contribution in [1.29, 1.82) is 0 Å². The molecule has 6 nitrogen and oxygen atoms in total. The number of nitrogens with zero attached hydrogens (tertiary/aromatic N) is 1. The smallest absolute Gasteiger partial charge is 0.327 e. The second-order valence-corrected chi connectivity index (χ2v) is 6.38. The molecular formula is C20H20N2O4. The Morgan fingerprint density at radius 3 is 2.38 bits per heavy atom. The Morgan fingerprint density at radius 1 is 1.12 bits per heavy atom. The molecule has 0 bridgehead atoms. The van der Waals surface area contributed by atoms with Crippen LogP contribution < -0.4 is 5.32 Å². The summed E-state index contributed by atoms with van der Waals surface area (Å²) >= 11 is 0. The molecule has 1 saturated heterocycles. The van der Waals surface area contributed by atoms with E-state index in [9.17, 15) is 19.5 Å². The van der Waals surface area contributed by atoms with Gasteiger partial charge in [0.05, 0.1) is 0 Å². The van der Waals surface area contributed by atoms with Crippen molar-refractivity contribution in [3.8, 4) is 0 Å². The van der Waals surface area contributed by atoms with E-state index < -0.39 is 30.0 Å². The number of aliphatic carboxylic acids is 1. The molecule has 2 unspecified atom stereocenters. The van der Waals surface area contributed by atoms with Crippen LogP contribution in [0.4, 0.5) is 4.79 Å². The summed E-state index contributed by atoms with van der Waals surface area (Å²) in [7, 11) is 0. The zero-order valence-electron chi connectivity index (χ0n) is 14.4. The lowest BCUT2D eigenvalue weighted by Crippen LogP contribution is -2.45. The van der Waals surface area contributed by atoms with Crippen molar-refractivity contribution < 1.29 is 19.5 Å². The second-order valence-electron chi connectivity index (χ2n) is 6.38. The molecule has 2 aromatic carbocycles. The predicted molar refractivity (Wildman–Crippen MR) is 95.5 cm³/mol. The average Bonchev–Trinajstić information content (AvgIpc) is 2.92. The van der Waals surface area contributed by atoms with E-state index in [4.69, 9.17) is 0 Å². The van der Waals surface area contributed by atoms with Crippen LogP contribution in [0, 0.1) is 6.92 Å². The first kappa shape index (κ1) is 17.7. The Kier molecular flexibility index (Phi) is 5.02. The van der Waals surface area contributed by atoms with Gasteiger partial charge in [-0.2, -0.15) is 0 Å². The molecule has 1 aliphatic rings. The Morgan fingerprint density at radius 2 is 1.77 bits per heavy atom. The van der Waals surface area contributed by atoms with Crippen molar-refractivity contribution in [2.45, 2.75) is 31.8 Å². The Balaban J connectivity index is 1.77. The van der Waals surface area contributed by atoms with E-state index in [1.807, 2.05) is 37.3 Å². The summed E-state index contributed by atoms with van der Waals surface area (Å²) in [6.45, 7) is 1.97. The summed E-state index contributed by atoms with van der Waals surface area (Å²) in [5, 5.41) is 12.2. The highest BCUT2D eigenvalue weighted by molar-refractivity contribution is 6.07. The highest BCUT2D eigenvalue weighted by Crippen LogP contribution is 2.25. The van der Waals surface area contributed by atoms with Gasteiger partial charge >= 0.3 is 12.0 Å². The summed E-state index contributed by atoms with van der Waals surface area (Å²) in [6, 6.07) is 13.8. The number of amides is 3. The Hall–Kier alpha value is -3.15. The minimum atomic E-state index is -1.20. The van der Waals surface area contributed by atoms with Crippen LogP contribution in [0.15, 0.2) is 54.6 Å². The fraction of sp³-hybridized carbons (Fsp3) is 0.250. The van der Waals surface area contributed by atoms with E-state index in [1.165, 1.54) is 0 Å². The molecule has 26 heavy (non-hydrogen) atoms. The summed E-state index contributed by atoms with van der Waals surface area (Å²) < 4.78 is 0. The van der Waals surface area contributed by atoms with Gasteiger partial charge in [0.1, 0.15) is 12.1 Å². The third kappa shape index (κ3) is 3.59. The van der Waals surface area contributed by atoms with Gasteiger partial charge in [0.2, 0.25) is 0 Å². The number of imide groups is 1. The van der Waals surface area contributed by atoms with Crippen LogP contribution in [0.5, 0.6) is 0 Å². The summed E-state index contributed by atoms with van der Waals surface area (Å²) in [6.07, 6.45) is 0.628. The van der Waals surface area contributed by atoms with E-state index in [0.717, 1.165) is 16.0 Å². The lowest BCUT2D eigenvalue weighted by Gasteiger charge is -2.21. The third-order valence-electron chi connectivity index (χ3n) is 4.53. The van der Waals surface area contributed by atoms with Gasteiger partial charge in [-0.1, -0.05) is 60.2 Å². The molecule has 1 heterocycles. The first-order chi connectivity index (χ1) is 12.5. The van der Waals surface area contributed by atoms with Gasteiger partial charge in [-0.25, -0.2) is 14.5 Å². The molecule has 2 aromatic rings. The van der Waals surface area contributed by atoms with Crippen LogP contribution in [-0.4, -0.2) is 34.0 Å². The number of nitrogens with one attached hydrogen (secondary N) is 1. The van der Waals surface area contributed by atoms with E-state index in [-0.39, 0.29) is 6.42 Å². The quantitative estimate of drug-likeness (QED) is 0.783.